The summed E-state index contributed by atoms with van der Waals surface area (Å²) in [6.45, 7) is 12.6. The van der Waals surface area contributed by atoms with E-state index in [4.69, 9.17) is 15.5 Å². The van der Waals surface area contributed by atoms with Crippen molar-refractivity contribution in [3.05, 3.63) is 206 Å². The third-order valence-corrected chi connectivity index (χ3v) is 22.3. The third-order valence-electron chi connectivity index (χ3n) is 18.1. The van der Waals surface area contributed by atoms with Gasteiger partial charge in [-0.2, -0.15) is 38.7 Å². The number of carbonyl (C=O) groups is 2. The highest BCUT2D eigenvalue weighted by Crippen LogP contribution is 2.51. The largest absolute Gasteiger partial charge is 0.480 e. The number of nitrogens with one attached hydrogen (secondary N) is 3. The van der Waals surface area contributed by atoms with Gasteiger partial charge in [-0.05, 0) is 187 Å². The number of fused-ring (bicyclic) bond motifs is 5. The van der Waals surface area contributed by atoms with Gasteiger partial charge in [0.05, 0.1) is 38.7 Å². The van der Waals surface area contributed by atoms with Gasteiger partial charge in [-0.3, -0.25) is 37.8 Å². The molecule has 1 aliphatic heterocycles. The van der Waals surface area contributed by atoms with E-state index in [-0.39, 0.29) is 71.4 Å². The van der Waals surface area contributed by atoms with E-state index in [0.29, 0.717) is 97.5 Å². The van der Waals surface area contributed by atoms with Crippen LogP contribution >= 0.6 is 0 Å². The van der Waals surface area contributed by atoms with E-state index < -0.39 is 85.3 Å². The minimum Gasteiger partial charge on any atom is -0.480 e. The number of aliphatic imine (C=N–C) groups is 1. The molecule has 3 atom stereocenters. The molecule has 2 aromatic heterocycles. The molecule has 0 spiro atoms. The zero-order valence-corrected chi connectivity index (χ0v) is 58.7. The second-order valence-electron chi connectivity index (χ2n) is 25.8. The van der Waals surface area contributed by atoms with Gasteiger partial charge in [-0.25, -0.2) is 14.8 Å². The minimum atomic E-state index is -4.58. The Bertz CT molecular complexity index is 5310. The van der Waals surface area contributed by atoms with Crippen LogP contribution in [0.25, 0.3) is 32.7 Å². The molecule has 8 aromatic rings. The molecule has 26 nitrogen and oxygen atoms in total. The fraction of sp³-hybridized carbons (Fsp3) is 0.300. The Labute approximate surface area is 577 Å². The van der Waals surface area contributed by atoms with E-state index >= 15 is 0 Å². The summed E-state index contributed by atoms with van der Waals surface area (Å²) < 4.78 is 146. The van der Waals surface area contributed by atoms with Crippen LogP contribution in [0, 0.1) is 6.92 Å². The molecule has 1 aliphatic carbocycles. The Balaban J connectivity index is 1.01. The second-order valence-corrected chi connectivity index (χ2v) is 32.4. The topological polar surface area (TPSA) is 418 Å². The molecule has 526 valence electrons. The number of aromatic nitrogens is 4. The summed E-state index contributed by atoms with van der Waals surface area (Å²) in [5.41, 5.74) is 10.5. The Morgan fingerprint density at radius 3 is 2.07 bits per heavy atom. The van der Waals surface area contributed by atoms with Crippen molar-refractivity contribution in [2.24, 2.45) is 4.99 Å². The SMILES string of the molecule is Cc1ccc2cc(S(=O)(=O)O)ccc2c1C(C)(C)C(/C=C/C1=C(Oc2ccc(C[C@H](NC(=O)c3ccc(NCc4cnc5nc(N)[nH]c(=O)c5n4)cc3)C(=O)O)cc2)C(=C/C=C2/N(CCC(C)S(=O)(=O)O)c3ccc4cc(S(=O)(=O)O)ccc4c3C2(C)C)/CCC1)=NCCC(C)S(=O)(=O)O. The predicted molar refractivity (Wildman–Crippen MR) is 381 cm³/mol. The number of benzene rings is 6. The van der Waals surface area contributed by atoms with Crippen LogP contribution in [0.4, 0.5) is 17.3 Å². The molecule has 10 rings (SSSR count). The number of aromatic amines is 1. The van der Waals surface area contributed by atoms with Crippen LogP contribution in [0.1, 0.15) is 112 Å². The number of hydrogen-bond donors (Lipinski definition) is 9. The lowest BCUT2D eigenvalue weighted by molar-refractivity contribution is -0.139. The molecule has 6 aromatic carbocycles. The van der Waals surface area contributed by atoms with Crippen LogP contribution in [0.5, 0.6) is 5.75 Å². The van der Waals surface area contributed by atoms with Crippen molar-refractivity contribution >= 4 is 108 Å². The lowest BCUT2D eigenvalue weighted by atomic mass is 9.75. The van der Waals surface area contributed by atoms with Gasteiger partial charge in [0.1, 0.15) is 17.6 Å². The van der Waals surface area contributed by atoms with E-state index in [9.17, 15) is 71.4 Å². The number of aryl methyl sites for hydroxylation is 1. The van der Waals surface area contributed by atoms with Crippen LogP contribution in [-0.4, -0.2) is 124 Å². The number of allylic oxidation sites excluding steroid dienone is 7. The van der Waals surface area contributed by atoms with Gasteiger partial charge in [-0.15, -0.1) is 0 Å². The number of nitrogens with zero attached hydrogens (tertiary/aromatic N) is 5. The van der Waals surface area contributed by atoms with Crippen molar-refractivity contribution < 1.29 is 71.3 Å². The number of carbonyl (C=O) groups excluding carboxylic acids is 1. The summed E-state index contributed by atoms with van der Waals surface area (Å²) in [6, 6.07) is 27.2. The molecule has 0 saturated heterocycles. The van der Waals surface area contributed by atoms with E-state index in [1.807, 2.05) is 63.8 Å². The summed E-state index contributed by atoms with van der Waals surface area (Å²) in [6.07, 6.45) is 10.2. The number of H-pyrrole nitrogens is 1. The maximum atomic E-state index is 13.6. The van der Waals surface area contributed by atoms with Gasteiger partial charge in [0.25, 0.3) is 51.9 Å². The van der Waals surface area contributed by atoms with E-state index in [0.717, 1.165) is 16.7 Å². The Hall–Kier alpha value is -9.53. The molecule has 1 amide bonds. The highest BCUT2D eigenvalue weighted by molar-refractivity contribution is 7.87. The molecule has 100 heavy (non-hydrogen) atoms. The van der Waals surface area contributed by atoms with Crippen LogP contribution in [0.2, 0.25) is 0 Å². The quantitative estimate of drug-likeness (QED) is 0.0190. The molecule has 0 bridgehead atoms. The second kappa shape index (κ2) is 28.6. The number of nitrogens with two attached hydrogens (primary N) is 1. The fourth-order valence-corrected chi connectivity index (χ4v) is 14.5. The number of carboxylic acids is 1. The number of rotatable bonds is 25. The van der Waals surface area contributed by atoms with Crippen LogP contribution in [-0.2, 0) is 69.1 Å². The maximum absolute atomic E-state index is 13.6. The van der Waals surface area contributed by atoms with Crippen LogP contribution in [0.15, 0.2) is 182 Å². The van der Waals surface area contributed by atoms with Gasteiger partial charge in [0, 0.05) is 58.7 Å². The number of hydrogen-bond acceptors (Lipinski definition) is 19. The summed E-state index contributed by atoms with van der Waals surface area (Å²) in [4.78, 5) is 60.0. The number of nitrogen functional groups attached to an aromatic ring is 1. The molecule has 0 radical (unpaired) electrons. The average molecular weight is 1440 g/mol. The van der Waals surface area contributed by atoms with Gasteiger partial charge in [-0.1, -0.05) is 82.3 Å². The highest BCUT2D eigenvalue weighted by atomic mass is 32.2. The van der Waals surface area contributed by atoms with Gasteiger partial charge < -0.3 is 31.1 Å². The monoisotopic (exact) mass is 1440 g/mol. The smallest absolute Gasteiger partial charge is 0.326 e. The maximum Gasteiger partial charge on any atom is 0.326 e. The van der Waals surface area contributed by atoms with E-state index in [1.165, 1.54) is 56.4 Å². The molecule has 30 heteroatoms. The van der Waals surface area contributed by atoms with Crippen molar-refractivity contribution in [2.75, 3.05) is 29.0 Å². The van der Waals surface area contributed by atoms with Crippen molar-refractivity contribution in [1.82, 2.24) is 25.3 Å². The Morgan fingerprint density at radius 2 is 1.43 bits per heavy atom. The third kappa shape index (κ3) is 16.3. The normalized spacial score (nSPS) is 16.6. The predicted octanol–water partition coefficient (Wildman–Crippen LogP) is 10.2. The summed E-state index contributed by atoms with van der Waals surface area (Å²) in [7, 11) is -18.0. The number of ether oxygens (including phenoxy) is 1. The van der Waals surface area contributed by atoms with Gasteiger partial charge >= 0.3 is 5.97 Å². The first-order valence-corrected chi connectivity index (χ1v) is 37.6. The first-order valence-electron chi connectivity index (χ1n) is 31.7. The van der Waals surface area contributed by atoms with Crippen LogP contribution < -0.4 is 31.6 Å². The highest BCUT2D eigenvalue weighted by Gasteiger charge is 2.42. The zero-order chi connectivity index (χ0) is 72.6. The average Bonchev–Trinajstić information content (AvgIpc) is 1.03. The van der Waals surface area contributed by atoms with Crippen molar-refractivity contribution in [3.8, 4) is 5.75 Å². The minimum absolute atomic E-state index is 0.000396. The molecule has 10 N–H and O–H groups in total. The zero-order valence-electron chi connectivity index (χ0n) is 55.5. The first-order chi connectivity index (χ1) is 46.9. The summed E-state index contributed by atoms with van der Waals surface area (Å²) in [5, 5.41) is 16.2. The van der Waals surface area contributed by atoms with Crippen molar-refractivity contribution in [1.29, 1.82) is 0 Å². The molecule has 2 unspecified atom stereocenters. The number of carboxylic acid groups (broad SMARTS) is 1. The lowest BCUT2D eigenvalue weighted by Crippen LogP contribution is -2.42. The van der Waals surface area contributed by atoms with Crippen molar-refractivity contribution in [3.63, 3.8) is 0 Å². The standard InChI is InChI=1S/C70H75N9O17S4/c1-40-11-14-47-36-52(99(90,91)92)24-26-54(47)60(40)69(4,5)58(72-33-31-41(2)97(84,85)86)29-18-44-9-8-10-45(19-30-59-70(6,7)61-55-27-25-53(100(93,94)95)37-48(55)17-28-57(61)79(59)34-32-42(3)98(87,88)89)63(44)96-51-22-12-43(13-23-51)35-56(67(82)83)76-65(80)46-15-20-49(21-16-46)73-38-50-39-74-64-62(75-50)66(81)78-68(71)77-64/h11-30,36-37,39,41-42,56,73H,8-10,31-35,38H2,1-7H3,(H,76,80)(H,82,83)(H,84,85,86)(H,87,88,89)(H,90,91,92)(H,93,94,95)(H3,71,74,77,78,81)/b29-18+,45-19+,59-30+,72-58?/t41?,42?,56-/m0/s1. The summed E-state index contributed by atoms with van der Waals surface area (Å²) in [5.74, 6) is -1.31. The first kappa shape index (κ1) is 73.2. The van der Waals surface area contributed by atoms with Gasteiger partial charge in [0.2, 0.25) is 5.95 Å². The molecule has 0 saturated carbocycles. The lowest BCUT2D eigenvalue weighted by Gasteiger charge is -2.30. The molecule has 3 heterocycles. The van der Waals surface area contributed by atoms with Gasteiger partial charge in [0.15, 0.2) is 11.2 Å². The number of amides is 1. The molecular formula is C70H75N9O17S4. The van der Waals surface area contributed by atoms with E-state index in [2.05, 4.69) is 30.6 Å². The number of aliphatic carboxylic acids is 1. The molecular weight excluding hydrogens is 1370 g/mol. The Kier molecular flexibility index (Phi) is 20.9. The summed E-state index contributed by atoms with van der Waals surface area (Å²) >= 11 is 0. The fourth-order valence-electron chi connectivity index (χ4n) is 12.6. The Morgan fingerprint density at radius 1 is 0.800 bits per heavy atom. The van der Waals surface area contributed by atoms with Crippen molar-refractivity contribution in [2.45, 2.75) is 131 Å². The number of anilines is 3. The molecule has 2 aliphatic rings. The molecule has 0 fully saturated rings. The van der Waals surface area contributed by atoms with Crippen LogP contribution in [0.3, 0.4) is 0 Å². The van der Waals surface area contributed by atoms with E-state index in [1.54, 1.807) is 72.8 Å².